The van der Waals surface area contributed by atoms with Crippen molar-refractivity contribution in [2.24, 2.45) is 14.1 Å². The van der Waals surface area contributed by atoms with Gasteiger partial charge in [0.2, 0.25) is 5.91 Å². The number of hydrogen-bond donors (Lipinski definition) is 1. The van der Waals surface area contributed by atoms with Crippen LogP contribution in [0.4, 0.5) is 0 Å². The van der Waals surface area contributed by atoms with Crippen LogP contribution in [0, 0.1) is 0 Å². The zero-order valence-electron chi connectivity index (χ0n) is 18.7. The van der Waals surface area contributed by atoms with E-state index < -0.39 is 5.69 Å². The van der Waals surface area contributed by atoms with Crippen LogP contribution < -0.4 is 16.6 Å². The smallest absolute Gasteiger partial charge is 0.332 e. The highest BCUT2D eigenvalue weighted by molar-refractivity contribution is 5.76. The second kappa shape index (κ2) is 9.52. The van der Waals surface area contributed by atoms with Gasteiger partial charge in [-0.1, -0.05) is 24.3 Å². The molecule has 9 nitrogen and oxygen atoms in total. The first-order chi connectivity index (χ1) is 15.5. The van der Waals surface area contributed by atoms with Crippen molar-refractivity contribution in [2.45, 2.75) is 45.3 Å². The van der Waals surface area contributed by atoms with E-state index in [0.29, 0.717) is 37.1 Å². The molecular formula is C23H30N6O3. The minimum absolute atomic E-state index is 0.0225. The number of carbonyl (C=O) groups is 1. The van der Waals surface area contributed by atoms with Gasteiger partial charge in [0.1, 0.15) is 0 Å². The van der Waals surface area contributed by atoms with E-state index in [0.717, 1.165) is 29.8 Å². The highest BCUT2D eigenvalue weighted by Crippen LogP contribution is 2.16. The van der Waals surface area contributed by atoms with E-state index in [1.54, 1.807) is 17.9 Å². The SMILES string of the molecule is Cn1c(=O)c2c(ncn2CCCC(=O)NCc2ccccc2CN2CCCC2)n(C)c1=O. The predicted octanol–water partition coefficient (Wildman–Crippen LogP) is 1.13. The van der Waals surface area contributed by atoms with Gasteiger partial charge in [0.25, 0.3) is 5.56 Å². The average molecular weight is 439 g/mol. The standard InChI is InChI=1S/C23H30N6O3/c1-26-21-20(22(31)27(2)23(26)32)29(16-25-21)13-7-10-19(30)24-14-17-8-3-4-9-18(17)15-28-11-5-6-12-28/h3-4,8-9,16H,5-7,10-15H2,1-2H3,(H,24,30). The van der Waals surface area contributed by atoms with Crippen LogP contribution in [0.5, 0.6) is 0 Å². The Morgan fingerprint density at radius 1 is 1.06 bits per heavy atom. The zero-order chi connectivity index (χ0) is 22.7. The summed E-state index contributed by atoms with van der Waals surface area (Å²) in [5.74, 6) is -0.0225. The van der Waals surface area contributed by atoms with Crippen molar-refractivity contribution in [1.29, 1.82) is 0 Å². The third-order valence-electron chi connectivity index (χ3n) is 6.21. The van der Waals surface area contributed by atoms with Crippen LogP contribution >= 0.6 is 0 Å². The monoisotopic (exact) mass is 438 g/mol. The van der Waals surface area contributed by atoms with E-state index >= 15 is 0 Å². The number of carbonyl (C=O) groups excluding carboxylic acids is 1. The third-order valence-corrected chi connectivity index (χ3v) is 6.21. The molecule has 9 heteroatoms. The van der Waals surface area contributed by atoms with Gasteiger partial charge in [-0.25, -0.2) is 9.78 Å². The van der Waals surface area contributed by atoms with Crippen LogP contribution in [0.2, 0.25) is 0 Å². The summed E-state index contributed by atoms with van der Waals surface area (Å²) in [6, 6.07) is 8.26. The molecule has 1 amide bonds. The molecule has 1 N–H and O–H groups in total. The molecule has 3 aromatic rings. The lowest BCUT2D eigenvalue weighted by atomic mass is 10.1. The Hall–Kier alpha value is -3.20. The number of fused-ring (bicyclic) bond motifs is 1. The molecule has 0 aliphatic carbocycles. The molecule has 0 bridgehead atoms. The molecule has 0 radical (unpaired) electrons. The van der Waals surface area contributed by atoms with Gasteiger partial charge >= 0.3 is 5.69 Å². The molecule has 1 aliphatic heterocycles. The van der Waals surface area contributed by atoms with Crippen molar-refractivity contribution >= 4 is 17.1 Å². The maximum absolute atomic E-state index is 12.5. The van der Waals surface area contributed by atoms with Gasteiger partial charge in [0.05, 0.1) is 6.33 Å². The molecule has 4 rings (SSSR count). The van der Waals surface area contributed by atoms with Gasteiger partial charge < -0.3 is 9.88 Å². The number of imidazole rings is 1. The van der Waals surface area contributed by atoms with Gasteiger partial charge in [0.15, 0.2) is 11.2 Å². The van der Waals surface area contributed by atoms with E-state index in [-0.39, 0.29) is 11.5 Å². The fourth-order valence-electron chi connectivity index (χ4n) is 4.32. The van der Waals surface area contributed by atoms with Crippen molar-refractivity contribution in [1.82, 2.24) is 28.9 Å². The summed E-state index contributed by atoms with van der Waals surface area (Å²) in [4.78, 5) is 43.6. The molecule has 0 atom stereocenters. The summed E-state index contributed by atoms with van der Waals surface area (Å²) in [7, 11) is 3.05. The predicted molar refractivity (Wildman–Crippen MR) is 122 cm³/mol. The van der Waals surface area contributed by atoms with E-state index in [1.807, 2.05) is 12.1 Å². The van der Waals surface area contributed by atoms with Crippen LogP contribution in [0.25, 0.3) is 11.2 Å². The Labute approximate surface area is 186 Å². The summed E-state index contributed by atoms with van der Waals surface area (Å²) in [5, 5.41) is 3.02. The molecule has 3 heterocycles. The van der Waals surface area contributed by atoms with Gasteiger partial charge in [0, 0.05) is 40.2 Å². The lowest BCUT2D eigenvalue weighted by molar-refractivity contribution is -0.121. The number of aryl methyl sites for hydroxylation is 2. The van der Waals surface area contributed by atoms with Crippen molar-refractivity contribution in [3.8, 4) is 0 Å². The minimum atomic E-state index is -0.405. The Morgan fingerprint density at radius 3 is 2.53 bits per heavy atom. The Morgan fingerprint density at radius 2 is 1.78 bits per heavy atom. The molecular weight excluding hydrogens is 408 g/mol. The number of benzene rings is 1. The fraction of sp³-hybridized carbons (Fsp3) is 0.478. The van der Waals surface area contributed by atoms with E-state index in [4.69, 9.17) is 0 Å². The number of hydrogen-bond acceptors (Lipinski definition) is 5. The van der Waals surface area contributed by atoms with Crippen molar-refractivity contribution in [2.75, 3.05) is 13.1 Å². The van der Waals surface area contributed by atoms with Crippen LogP contribution in [-0.2, 0) is 38.5 Å². The van der Waals surface area contributed by atoms with Gasteiger partial charge in [-0.2, -0.15) is 0 Å². The Balaban J connectivity index is 1.33. The molecule has 1 saturated heterocycles. The number of rotatable bonds is 8. The summed E-state index contributed by atoms with van der Waals surface area (Å²) in [5.41, 5.74) is 2.37. The van der Waals surface area contributed by atoms with E-state index in [1.165, 1.54) is 30.0 Å². The quantitative estimate of drug-likeness (QED) is 0.569. The lowest BCUT2D eigenvalue weighted by Crippen LogP contribution is -2.37. The van der Waals surface area contributed by atoms with Crippen molar-refractivity contribution < 1.29 is 4.79 Å². The number of amides is 1. The molecule has 0 spiro atoms. The number of nitrogens with one attached hydrogen (secondary N) is 1. The molecule has 1 fully saturated rings. The largest absolute Gasteiger partial charge is 0.352 e. The van der Waals surface area contributed by atoms with E-state index in [2.05, 4.69) is 27.3 Å². The normalized spacial score (nSPS) is 14.3. The van der Waals surface area contributed by atoms with Gasteiger partial charge in [-0.05, 0) is 43.5 Å². The highest BCUT2D eigenvalue weighted by atomic mass is 16.2. The van der Waals surface area contributed by atoms with Crippen LogP contribution in [0.15, 0.2) is 40.2 Å². The summed E-state index contributed by atoms with van der Waals surface area (Å²) < 4.78 is 4.15. The summed E-state index contributed by atoms with van der Waals surface area (Å²) in [6.07, 6.45) is 4.98. The summed E-state index contributed by atoms with van der Waals surface area (Å²) >= 11 is 0. The third kappa shape index (κ3) is 4.52. The first-order valence-corrected chi connectivity index (χ1v) is 11.1. The maximum atomic E-state index is 12.5. The molecule has 1 aliphatic rings. The fourth-order valence-corrected chi connectivity index (χ4v) is 4.32. The lowest BCUT2D eigenvalue weighted by Gasteiger charge is -2.17. The first-order valence-electron chi connectivity index (χ1n) is 11.1. The number of aromatic nitrogens is 4. The van der Waals surface area contributed by atoms with Crippen molar-refractivity contribution in [3.05, 3.63) is 62.6 Å². The Kier molecular flexibility index (Phi) is 6.55. The van der Waals surface area contributed by atoms with Gasteiger partial charge in [-0.15, -0.1) is 0 Å². The van der Waals surface area contributed by atoms with Gasteiger partial charge in [-0.3, -0.25) is 23.6 Å². The molecule has 32 heavy (non-hydrogen) atoms. The second-order valence-electron chi connectivity index (χ2n) is 8.45. The minimum Gasteiger partial charge on any atom is -0.352 e. The number of nitrogens with zero attached hydrogens (tertiary/aromatic N) is 5. The maximum Gasteiger partial charge on any atom is 0.332 e. The number of likely N-dealkylation sites (tertiary alicyclic amines) is 1. The summed E-state index contributed by atoms with van der Waals surface area (Å²) in [6.45, 7) is 4.20. The van der Waals surface area contributed by atoms with Crippen molar-refractivity contribution in [3.63, 3.8) is 0 Å². The molecule has 1 aromatic carbocycles. The molecule has 2 aromatic heterocycles. The topological polar surface area (TPSA) is 94.2 Å². The zero-order valence-corrected chi connectivity index (χ0v) is 18.7. The average Bonchev–Trinajstić information content (AvgIpc) is 3.46. The van der Waals surface area contributed by atoms with E-state index in [9.17, 15) is 14.4 Å². The molecule has 0 saturated carbocycles. The van der Waals surface area contributed by atoms with Crippen LogP contribution in [0.3, 0.4) is 0 Å². The molecule has 0 unspecified atom stereocenters. The van der Waals surface area contributed by atoms with Crippen LogP contribution in [-0.4, -0.2) is 42.6 Å². The second-order valence-corrected chi connectivity index (χ2v) is 8.45. The Bertz CT molecular complexity index is 1230. The molecule has 170 valence electrons. The first kappa shape index (κ1) is 22.0. The highest BCUT2D eigenvalue weighted by Gasteiger charge is 2.15. The van der Waals surface area contributed by atoms with Crippen LogP contribution in [0.1, 0.15) is 36.8 Å².